The number of rotatable bonds is 7. The fourth-order valence-electron chi connectivity index (χ4n) is 2.29. The van der Waals surface area contributed by atoms with Crippen LogP contribution in [-0.4, -0.2) is 20.5 Å². The van der Waals surface area contributed by atoms with Crippen molar-refractivity contribution in [1.82, 2.24) is 4.72 Å². The van der Waals surface area contributed by atoms with Crippen molar-refractivity contribution in [3.63, 3.8) is 0 Å². The Morgan fingerprint density at radius 3 is 2.38 bits per heavy atom. The minimum absolute atomic E-state index is 0.150. The van der Waals surface area contributed by atoms with Crippen molar-refractivity contribution in [2.24, 2.45) is 0 Å². The molecular weight excluding hydrogens is 332 g/mol. The second-order valence-electron chi connectivity index (χ2n) is 5.26. The Balaban J connectivity index is 2.14. The molecule has 0 saturated carbocycles. The third kappa shape index (κ3) is 4.53. The summed E-state index contributed by atoms with van der Waals surface area (Å²) >= 11 is 0. The lowest BCUT2D eigenvalue weighted by Gasteiger charge is -2.15. The standard InChI is InChI=1S/C16H18N2O5S/c1-12(13-7-9-15(23-2)10-8-13)17-24(21,22)11-14-5-3-4-6-16(14)18(19)20/h3-10,12,17H,11H2,1-2H3/t12-/m1/s1. The normalized spacial score (nSPS) is 12.6. The zero-order valence-electron chi connectivity index (χ0n) is 13.3. The van der Waals surface area contributed by atoms with Gasteiger partial charge in [-0.05, 0) is 24.6 Å². The number of hydrogen-bond donors (Lipinski definition) is 1. The van der Waals surface area contributed by atoms with Crippen molar-refractivity contribution in [1.29, 1.82) is 0 Å². The van der Waals surface area contributed by atoms with E-state index < -0.39 is 26.7 Å². The molecule has 2 aromatic rings. The van der Waals surface area contributed by atoms with E-state index in [-0.39, 0.29) is 11.3 Å². The number of methoxy groups -OCH3 is 1. The van der Waals surface area contributed by atoms with Crippen molar-refractivity contribution in [3.05, 3.63) is 69.8 Å². The molecule has 0 aliphatic heterocycles. The van der Waals surface area contributed by atoms with Crippen LogP contribution in [0.2, 0.25) is 0 Å². The molecule has 2 aromatic carbocycles. The van der Waals surface area contributed by atoms with Crippen molar-refractivity contribution in [2.75, 3.05) is 7.11 Å². The molecule has 0 fully saturated rings. The van der Waals surface area contributed by atoms with E-state index >= 15 is 0 Å². The van der Waals surface area contributed by atoms with E-state index in [1.807, 2.05) is 0 Å². The van der Waals surface area contributed by atoms with Crippen LogP contribution in [-0.2, 0) is 15.8 Å². The molecule has 24 heavy (non-hydrogen) atoms. The molecule has 0 aliphatic carbocycles. The number of benzene rings is 2. The van der Waals surface area contributed by atoms with Gasteiger partial charge in [-0.25, -0.2) is 13.1 Å². The summed E-state index contributed by atoms with van der Waals surface area (Å²) in [7, 11) is -2.19. The molecule has 0 heterocycles. The molecule has 8 heteroatoms. The largest absolute Gasteiger partial charge is 0.497 e. The van der Waals surface area contributed by atoms with Gasteiger partial charge in [0.1, 0.15) is 5.75 Å². The summed E-state index contributed by atoms with van der Waals surface area (Å²) in [5, 5.41) is 11.0. The van der Waals surface area contributed by atoms with Gasteiger partial charge >= 0.3 is 0 Å². The molecule has 0 aliphatic rings. The summed E-state index contributed by atoms with van der Waals surface area (Å²) in [4.78, 5) is 10.4. The van der Waals surface area contributed by atoms with E-state index in [0.717, 1.165) is 5.56 Å². The minimum atomic E-state index is -3.74. The molecule has 0 bridgehead atoms. The molecule has 0 unspecified atom stereocenters. The minimum Gasteiger partial charge on any atom is -0.497 e. The summed E-state index contributed by atoms with van der Waals surface area (Å²) in [5.74, 6) is 0.221. The highest BCUT2D eigenvalue weighted by Gasteiger charge is 2.21. The Morgan fingerprint density at radius 2 is 1.79 bits per heavy atom. The summed E-state index contributed by atoms with van der Waals surface area (Å²) in [5.41, 5.74) is 0.707. The number of para-hydroxylation sites is 1. The molecule has 2 rings (SSSR count). The van der Waals surface area contributed by atoms with Gasteiger partial charge in [0, 0.05) is 17.7 Å². The maximum atomic E-state index is 12.3. The number of nitro benzene ring substituents is 1. The van der Waals surface area contributed by atoms with Crippen LogP contribution >= 0.6 is 0 Å². The van der Waals surface area contributed by atoms with Gasteiger partial charge in [-0.15, -0.1) is 0 Å². The SMILES string of the molecule is COc1ccc([C@@H](C)NS(=O)(=O)Cc2ccccc2[N+](=O)[O-])cc1. The quantitative estimate of drug-likeness (QED) is 0.611. The van der Waals surface area contributed by atoms with Crippen molar-refractivity contribution in [2.45, 2.75) is 18.7 Å². The van der Waals surface area contributed by atoms with Crippen LogP contribution in [0, 0.1) is 10.1 Å². The summed E-state index contributed by atoms with van der Waals surface area (Å²) in [6, 6.07) is 12.3. The lowest BCUT2D eigenvalue weighted by atomic mass is 10.1. The number of ether oxygens (including phenoxy) is 1. The monoisotopic (exact) mass is 350 g/mol. The van der Waals surface area contributed by atoms with Gasteiger partial charge in [-0.3, -0.25) is 10.1 Å². The summed E-state index contributed by atoms with van der Waals surface area (Å²) in [6.45, 7) is 1.71. The predicted molar refractivity (Wildman–Crippen MR) is 90.3 cm³/mol. The third-order valence-electron chi connectivity index (χ3n) is 3.51. The predicted octanol–water partition coefficient (Wildman–Crippen LogP) is 2.78. The van der Waals surface area contributed by atoms with Gasteiger partial charge in [-0.1, -0.05) is 30.3 Å². The number of nitro groups is 1. The molecule has 0 saturated heterocycles. The Bertz CT molecular complexity index is 819. The van der Waals surface area contributed by atoms with Crippen molar-refractivity contribution < 1.29 is 18.1 Å². The van der Waals surface area contributed by atoms with E-state index in [1.165, 1.54) is 18.2 Å². The van der Waals surface area contributed by atoms with Crippen LogP contribution < -0.4 is 9.46 Å². The number of nitrogens with zero attached hydrogens (tertiary/aromatic N) is 1. The zero-order valence-corrected chi connectivity index (χ0v) is 14.1. The molecule has 128 valence electrons. The van der Waals surface area contributed by atoms with Crippen LogP contribution in [0.15, 0.2) is 48.5 Å². The Kier molecular flexibility index (Phi) is 5.53. The molecule has 0 aromatic heterocycles. The lowest BCUT2D eigenvalue weighted by molar-refractivity contribution is -0.385. The topological polar surface area (TPSA) is 98.5 Å². The maximum absolute atomic E-state index is 12.3. The second kappa shape index (κ2) is 7.41. The third-order valence-corrected chi connectivity index (χ3v) is 4.91. The first-order valence-electron chi connectivity index (χ1n) is 7.18. The Hall–Kier alpha value is -2.45. The molecule has 7 nitrogen and oxygen atoms in total. The first-order valence-corrected chi connectivity index (χ1v) is 8.84. The van der Waals surface area contributed by atoms with Crippen LogP contribution in [0.3, 0.4) is 0 Å². The highest BCUT2D eigenvalue weighted by molar-refractivity contribution is 7.88. The average Bonchev–Trinajstić information content (AvgIpc) is 2.54. The first kappa shape index (κ1) is 17.9. The fourth-order valence-corrected chi connectivity index (χ4v) is 3.70. The van der Waals surface area contributed by atoms with Gasteiger partial charge in [0.05, 0.1) is 17.8 Å². The van der Waals surface area contributed by atoms with E-state index in [1.54, 1.807) is 44.4 Å². The molecule has 0 amide bonds. The average molecular weight is 350 g/mol. The van der Waals surface area contributed by atoms with Gasteiger partial charge in [0.25, 0.3) is 5.69 Å². The number of hydrogen-bond acceptors (Lipinski definition) is 5. The lowest BCUT2D eigenvalue weighted by Crippen LogP contribution is -2.28. The van der Waals surface area contributed by atoms with E-state index in [4.69, 9.17) is 4.74 Å². The smallest absolute Gasteiger partial charge is 0.273 e. The number of sulfonamides is 1. The summed E-state index contributed by atoms with van der Waals surface area (Å²) in [6.07, 6.45) is 0. The number of nitrogens with one attached hydrogen (secondary N) is 1. The van der Waals surface area contributed by atoms with Gasteiger partial charge in [0.2, 0.25) is 10.0 Å². The highest BCUT2D eigenvalue weighted by atomic mass is 32.2. The Labute approximate surface area is 140 Å². The second-order valence-corrected chi connectivity index (χ2v) is 7.01. The van der Waals surface area contributed by atoms with Gasteiger partial charge < -0.3 is 4.74 Å². The van der Waals surface area contributed by atoms with E-state index in [0.29, 0.717) is 5.75 Å². The fraction of sp³-hybridized carbons (Fsp3) is 0.250. The van der Waals surface area contributed by atoms with Crippen molar-refractivity contribution >= 4 is 15.7 Å². The van der Waals surface area contributed by atoms with Crippen LogP contribution in [0.4, 0.5) is 5.69 Å². The summed E-state index contributed by atoms with van der Waals surface area (Å²) < 4.78 is 32.2. The maximum Gasteiger partial charge on any atom is 0.273 e. The van der Waals surface area contributed by atoms with Crippen LogP contribution in [0.25, 0.3) is 0 Å². The first-order chi connectivity index (χ1) is 11.3. The highest BCUT2D eigenvalue weighted by Crippen LogP contribution is 2.22. The molecular formula is C16H18N2O5S. The Morgan fingerprint density at radius 1 is 1.17 bits per heavy atom. The molecule has 1 N–H and O–H groups in total. The van der Waals surface area contributed by atoms with E-state index in [2.05, 4.69) is 4.72 Å². The molecule has 0 spiro atoms. The van der Waals surface area contributed by atoms with Gasteiger partial charge in [0.15, 0.2) is 0 Å². The molecule has 0 radical (unpaired) electrons. The van der Waals surface area contributed by atoms with Crippen molar-refractivity contribution in [3.8, 4) is 5.75 Å². The van der Waals surface area contributed by atoms with E-state index in [9.17, 15) is 18.5 Å². The molecule has 1 atom stereocenters. The van der Waals surface area contributed by atoms with Crippen LogP contribution in [0.5, 0.6) is 5.75 Å². The zero-order chi connectivity index (χ0) is 17.7. The van der Waals surface area contributed by atoms with Gasteiger partial charge in [-0.2, -0.15) is 0 Å². The van der Waals surface area contributed by atoms with Crippen LogP contribution in [0.1, 0.15) is 24.1 Å².